The molecule has 1 rings (SSSR count). The first-order valence-electron chi connectivity index (χ1n) is 4.16. The van der Waals surface area contributed by atoms with Crippen LogP contribution in [0.5, 0.6) is 0 Å². The van der Waals surface area contributed by atoms with Gasteiger partial charge in [0, 0.05) is 0 Å². The van der Waals surface area contributed by atoms with E-state index in [4.69, 9.17) is 0 Å². The molecule has 1 saturated heterocycles. The summed E-state index contributed by atoms with van der Waals surface area (Å²) in [5.41, 5.74) is 0. The van der Waals surface area contributed by atoms with E-state index in [0.29, 0.717) is 0 Å². The maximum absolute atomic E-state index is 2.57. The number of piperidine rings is 1. The molecule has 1 heteroatoms. The fourth-order valence-electron chi connectivity index (χ4n) is 1.50. The van der Waals surface area contributed by atoms with E-state index in [0.717, 1.165) is 0 Å². The Bertz CT molecular complexity index is 62.4. The van der Waals surface area contributed by atoms with Crippen LogP contribution in [0.4, 0.5) is 0 Å². The fraction of sp³-hybridized carbons (Fsp3) is 1.00. The number of rotatable bonds is 2. The molecule has 1 aliphatic rings. The molecule has 62 valence electrons. The maximum Gasteiger partial charge on any atom is -0.00187 e. The monoisotopic (exact) mass is 143 g/mol. The lowest BCUT2D eigenvalue weighted by atomic mass is 10.1. The van der Waals surface area contributed by atoms with Gasteiger partial charge in [0.1, 0.15) is 0 Å². The van der Waals surface area contributed by atoms with Crippen molar-refractivity contribution in [2.24, 2.45) is 0 Å². The quantitative estimate of drug-likeness (QED) is 0.574. The lowest BCUT2D eigenvalue weighted by Gasteiger charge is -2.25. The van der Waals surface area contributed by atoms with E-state index >= 15 is 0 Å². The van der Waals surface area contributed by atoms with Gasteiger partial charge in [-0.25, -0.2) is 0 Å². The summed E-state index contributed by atoms with van der Waals surface area (Å²) in [6.45, 7) is 6.29. The highest BCUT2D eigenvalue weighted by Crippen LogP contribution is 2.07. The van der Waals surface area contributed by atoms with Gasteiger partial charge in [-0.3, -0.25) is 0 Å². The fourth-order valence-corrected chi connectivity index (χ4v) is 1.50. The average molecular weight is 143 g/mol. The molecule has 0 aliphatic carbocycles. The standard InChI is InChI=1S/C8H17N.CH4/c1-2-6-9-7-4-3-5-8-9;/h2-8H2,1H3;1H4. The third-order valence-electron chi connectivity index (χ3n) is 1.99. The van der Waals surface area contributed by atoms with Crippen molar-refractivity contribution >= 4 is 0 Å². The van der Waals surface area contributed by atoms with E-state index in [9.17, 15) is 0 Å². The molecule has 0 amide bonds. The second-order valence-electron chi connectivity index (χ2n) is 2.90. The molecular formula is C9H21N. The van der Waals surface area contributed by atoms with E-state index in [1.807, 2.05) is 0 Å². The van der Waals surface area contributed by atoms with Gasteiger partial charge in [0.2, 0.25) is 0 Å². The van der Waals surface area contributed by atoms with Crippen LogP contribution in [0.1, 0.15) is 40.0 Å². The highest BCUT2D eigenvalue weighted by atomic mass is 15.1. The van der Waals surface area contributed by atoms with Crippen LogP contribution in [0.15, 0.2) is 0 Å². The van der Waals surface area contributed by atoms with Crippen molar-refractivity contribution in [3.05, 3.63) is 0 Å². The largest absolute Gasteiger partial charge is 0.303 e. The van der Waals surface area contributed by atoms with Crippen molar-refractivity contribution in [3.8, 4) is 0 Å². The van der Waals surface area contributed by atoms with Crippen LogP contribution in [-0.4, -0.2) is 24.5 Å². The molecular weight excluding hydrogens is 122 g/mol. The van der Waals surface area contributed by atoms with E-state index < -0.39 is 0 Å². The highest BCUT2D eigenvalue weighted by molar-refractivity contribution is 4.62. The minimum absolute atomic E-state index is 0. The Kier molecular flexibility index (Phi) is 5.70. The van der Waals surface area contributed by atoms with E-state index in [1.165, 1.54) is 45.3 Å². The van der Waals surface area contributed by atoms with Crippen LogP contribution in [0.25, 0.3) is 0 Å². The Morgan fingerprint density at radius 1 is 1.10 bits per heavy atom. The predicted molar refractivity (Wildman–Crippen MR) is 47.3 cm³/mol. The molecule has 0 aromatic rings. The van der Waals surface area contributed by atoms with Gasteiger partial charge >= 0.3 is 0 Å². The normalized spacial score (nSPS) is 20.1. The number of hydrogen-bond donors (Lipinski definition) is 0. The van der Waals surface area contributed by atoms with Crippen LogP contribution < -0.4 is 0 Å². The van der Waals surface area contributed by atoms with Crippen molar-refractivity contribution in [2.45, 2.75) is 40.0 Å². The van der Waals surface area contributed by atoms with Crippen LogP contribution >= 0.6 is 0 Å². The molecule has 0 radical (unpaired) electrons. The minimum atomic E-state index is 0. The zero-order chi connectivity index (χ0) is 6.53. The molecule has 1 fully saturated rings. The molecule has 0 spiro atoms. The van der Waals surface area contributed by atoms with E-state index in [2.05, 4.69) is 11.8 Å². The third-order valence-corrected chi connectivity index (χ3v) is 1.99. The molecule has 0 aromatic carbocycles. The molecule has 0 aromatic heterocycles. The Balaban J connectivity index is 0.000000810. The Morgan fingerprint density at radius 3 is 2.20 bits per heavy atom. The molecule has 0 N–H and O–H groups in total. The molecule has 1 nitrogen and oxygen atoms in total. The Labute approximate surface area is 65.4 Å². The van der Waals surface area contributed by atoms with Crippen molar-refractivity contribution in [1.29, 1.82) is 0 Å². The summed E-state index contributed by atoms with van der Waals surface area (Å²) in [6, 6.07) is 0. The second kappa shape index (κ2) is 5.72. The maximum atomic E-state index is 2.57. The Hall–Kier alpha value is -0.0400. The van der Waals surface area contributed by atoms with Gasteiger partial charge in [0.15, 0.2) is 0 Å². The third kappa shape index (κ3) is 3.21. The molecule has 10 heavy (non-hydrogen) atoms. The first kappa shape index (κ1) is 9.96. The summed E-state index contributed by atoms with van der Waals surface area (Å²) >= 11 is 0. The van der Waals surface area contributed by atoms with Crippen molar-refractivity contribution in [1.82, 2.24) is 4.90 Å². The summed E-state index contributed by atoms with van der Waals surface area (Å²) in [4.78, 5) is 2.57. The van der Waals surface area contributed by atoms with E-state index in [-0.39, 0.29) is 7.43 Å². The SMILES string of the molecule is C.CCCN1CCCCC1. The molecule has 0 unspecified atom stereocenters. The lowest BCUT2D eigenvalue weighted by Crippen LogP contribution is -2.30. The summed E-state index contributed by atoms with van der Waals surface area (Å²) in [7, 11) is 0. The molecule has 0 atom stereocenters. The van der Waals surface area contributed by atoms with E-state index in [1.54, 1.807) is 0 Å². The summed E-state index contributed by atoms with van der Waals surface area (Å²) in [5.74, 6) is 0. The second-order valence-corrected chi connectivity index (χ2v) is 2.90. The first-order valence-corrected chi connectivity index (χ1v) is 4.16. The van der Waals surface area contributed by atoms with Gasteiger partial charge in [-0.2, -0.15) is 0 Å². The van der Waals surface area contributed by atoms with Crippen LogP contribution in [0.3, 0.4) is 0 Å². The average Bonchev–Trinajstić information content (AvgIpc) is 1.91. The van der Waals surface area contributed by atoms with Crippen LogP contribution in [0.2, 0.25) is 0 Å². The minimum Gasteiger partial charge on any atom is -0.303 e. The van der Waals surface area contributed by atoms with Gasteiger partial charge in [-0.05, 0) is 38.9 Å². The lowest BCUT2D eigenvalue weighted by molar-refractivity contribution is 0.229. The van der Waals surface area contributed by atoms with Gasteiger partial charge in [0.05, 0.1) is 0 Å². The number of likely N-dealkylation sites (tertiary alicyclic amines) is 1. The zero-order valence-electron chi connectivity index (χ0n) is 6.40. The molecule has 0 saturated carbocycles. The van der Waals surface area contributed by atoms with Gasteiger partial charge < -0.3 is 4.90 Å². The highest BCUT2D eigenvalue weighted by Gasteiger charge is 2.07. The van der Waals surface area contributed by atoms with Gasteiger partial charge in [-0.15, -0.1) is 0 Å². The van der Waals surface area contributed by atoms with Crippen molar-refractivity contribution in [3.63, 3.8) is 0 Å². The van der Waals surface area contributed by atoms with Gasteiger partial charge in [-0.1, -0.05) is 20.8 Å². The topological polar surface area (TPSA) is 3.24 Å². The Morgan fingerprint density at radius 2 is 1.70 bits per heavy atom. The zero-order valence-corrected chi connectivity index (χ0v) is 6.40. The smallest absolute Gasteiger partial charge is 0.00187 e. The van der Waals surface area contributed by atoms with Crippen LogP contribution in [-0.2, 0) is 0 Å². The summed E-state index contributed by atoms with van der Waals surface area (Å²) in [6.07, 6.45) is 5.64. The summed E-state index contributed by atoms with van der Waals surface area (Å²) in [5, 5.41) is 0. The van der Waals surface area contributed by atoms with Crippen molar-refractivity contribution in [2.75, 3.05) is 19.6 Å². The van der Waals surface area contributed by atoms with Crippen LogP contribution in [0, 0.1) is 0 Å². The summed E-state index contributed by atoms with van der Waals surface area (Å²) < 4.78 is 0. The molecule has 1 heterocycles. The molecule has 1 aliphatic heterocycles. The predicted octanol–water partition coefficient (Wildman–Crippen LogP) is 2.52. The number of nitrogens with zero attached hydrogens (tertiary/aromatic N) is 1. The number of hydrogen-bond acceptors (Lipinski definition) is 1. The van der Waals surface area contributed by atoms with Crippen molar-refractivity contribution < 1.29 is 0 Å². The molecule has 0 bridgehead atoms. The van der Waals surface area contributed by atoms with Gasteiger partial charge in [0.25, 0.3) is 0 Å². The first-order chi connectivity index (χ1) is 4.43.